The summed E-state index contributed by atoms with van der Waals surface area (Å²) in [5, 5.41) is 7.50. The number of fused-ring (bicyclic) bond motifs is 1. The lowest BCUT2D eigenvalue weighted by Crippen LogP contribution is -2.43. The zero-order valence-corrected chi connectivity index (χ0v) is 19.2. The molecule has 3 aromatic rings. The molecule has 1 aliphatic rings. The van der Waals surface area contributed by atoms with Crippen molar-refractivity contribution in [2.45, 2.75) is 19.0 Å². The van der Waals surface area contributed by atoms with E-state index in [1.807, 2.05) is 37.7 Å². The van der Waals surface area contributed by atoms with Crippen LogP contribution in [0.25, 0.3) is 0 Å². The van der Waals surface area contributed by atoms with E-state index in [1.165, 1.54) is 11.3 Å². The van der Waals surface area contributed by atoms with Gasteiger partial charge < -0.3 is 20.4 Å². The van der Waals surface area contributed by atoms with Crippen molar-refractivity contribution < 1.29 is 9.59 Å². The SMILES string of the molecule is CN(C)c1ccc(C(CNC(=O)C(=O)NCc2cccs2)N2CCc3ccccc32)cc1. The van der Waals surface area contributed by atoms with Crippen molar-refractivity contribution in [1.82, 2.24) is 10.6 Å². The Labute approximate surface area is 192 Å². The van der Waals surface area contributed by atoms with Crippen LogP contribution in [0.4, 0.5) is 11.4 Å². The van der Waals surface area contributed by atoms with E-state index in [1.54, 1.807) is 11.3 Å². The van der Waals surface area contributed by atoms with E-state index in [4.69, 9.17) is 0 Å². The fraction of sp³-hybridized carbons (Fsp3) is 0.280. The molecule has 7 heteroatoms. The van der Waals surface area contributed by atoms with Crippen molar-refractivity contribution in [1.29, 1.82) is 0 Å². The fourth-order valence-corrected chi connectivity index (χ4v) is 4.67. The van der Waals surface area contributed by atoms with E-state index in [9.17, 15) is 9.59 Å². The second-order valence-corrected chi connectivity index (χ2v) is 9.08. The lowest BCUT2D eigenvalue weighted by molar-refractivity contribution is -0.139. The highest BCUT2D eigenvalue weighted by Crippen LogP contribution is 2.35. The molecule has 2 amide bonds. The molecule has 0 aliphatic carbocycles. The molecule has 0 bridgehead atoms. The molecule has 4 rings (SSSR count). The monoisotopic (exact) mass is 448 g/mol. The standard InChI is InChI=1S/C25H28N4O2S/c1-28(2)20-11-9-19(10-12-20)23(29-14-13-18-6-3-4-8-22(18)29)17-27-25(31)24(30)26-16-21-7-5-15-32-21/h3-12,15,23H,13-14,16-17H2,1-2H3,(H,26,30)(H,27,31). The number of hydrogen-bond acceptors (Lipinski definition) is 5. The lowest BCUT2D eigenvalue weighted by atomic mass is 10.0. The molecule has 1 unspecified atom stereocenters. The Bertz CT molecular complexity index is 1060. The van der Waals surface area contributed by atoms with Crippen LogP contribution in [0.1, 0.15) is 22.0 Å². The summed E-state index contributed by atoms with van der Waals surface area (Å²) in [6.45, 7) is 1.58. The van der Waals surface area contributed by atoms with Gasteiger partial charge >= 0.3 is 11.8 Å². The number of hydrogen-bond donors (Lipinski definition) is 2. The molecule has 2 N–H and O–H groups in total. The maximum atomic E-state index is 12.5. The Balaban J connectivity index is 1.48. The Kier molecular flexibility index (Phi) is 6.75. The van der Waals surface area contributed by atoms with E-state index in [0.29, 0.717) is 13.1 Å². The molecule has 0 saturated carbocycles. The normalized spacial score (nSPS) is 13.4. The van der Waals surface area contributed by atoms with Crippen LogP contribution in [0.3, 0.4) is 0 Å². The molecule has 0 radical (unpaired) electrons. The summed E-state index contributed by atoms with van der Waals surface area (Å²) >= 11 is 1.55. The first-order valence-electron chi connectivity index (χ1n) is 10.7. The molecule has 2 heterocycles. The molecule has 1 aliphatic heterocycles. The van der Waals surface area contributed by atoms with Crippen molar-refractivity contribution in [3.05, 3.63) is 82.0 Å². The van der Waals surface area contributed by atoms with Crippen molar-refractivity contribution in [2.24, 2.45) is 0 Å². The number of amides is 2. The minimum Gasteiger partial charge on any atom is -0.378 e. The van der Waals surface area contributed by atoms with Gasteiger partial charge in [0.05, 0.1) is 12.6 Å². The van der Waals surface area contributed by atoms with Gasteiger partial charge in [-0.15, -0.1) is 11.3 Å². The number of anilines is 2. The van der Waals surface area contributed by atoms with E-state index in [0.717, 1.165) is 29.1 Å². The average molecular weight is 449 g/mol. The Morgan fingerprint density at radius 2 is 1.75 bits per heavy atom. The smallest absolute Gasteiger partial charge is 0.309 e. The van der Waals surface area contributed by atoms with Gasteiger partial charge in [0.2, 0.25) is 0 Å². The molecular weight excluding hydrogens is 420 g/mol. The van der Waals surface area contributed by atoms with Crippen LogP contribution in [0.2, 0.25) is 0 Å². The Morgan fingerprint density at radius 1 is 1.00 bits per heavy atom. The third-order valence-corrected chi connectivity index (χ3v) is 6.64. The first-order chi connectivity index (χ1) is 15.5. The lowest BCUT2D eigenvalue weighted by Gasteiger charge is -2.31. The van der Waals surface area contributed by atoms with Gasteiger partial charge in [-0.25, -0.2) is 0 Å². The number of nitrogens with zero attached hydrogens (tertiary/aromatic N) is 2. The highest BCUT2D eigenvalue weighted by Gasteiger charge is 2.28. The fourth-order valence-electron chi connectivity index (χ4n) is 4.02. The quantitative estimate of drug-likeness (QED) is 0.544. The maximum Gasteiger partial charge on any atom is 0.309 e. The van der Waals surface area contributed by atoms with Gasteiger partial charge in [-0.2, -0.15) is 0 Å². The number of carbonyl (C=O) groups excluding carboxylic acids is 2. The van der Waals surface area contributed by atoms with E-state index >= 15 is 0 Å². The van der Waals surface area contributed by atoms with Crippen LogP contribution in [0.5, 0.6) is 0 Å². The topological polar surface area (TPSA) is 64.7 Å². The zero-order valence-electron chi connectivity index (χ0n) is 18.4. The Morgan fingerprint density at radius 3 is 2.47 bits per heavy atom. The zero-order chi connectivity index (χ0) is 22.5. The van der Waals surface area contributed by atoms with E-state index in [2.05, 4.69) is 62.9 Å². The van der Waals surface area contributed by atoms with Crippen molar-refractivity contribution >= 4 is 34.5 Å². The van der Waals surface area contributed by atoms with Crippen LogP contribution >= 0.6 is 11.3 Å². The average Bonchev–Trinajstić information content (AvgIpc) is 3.48. The summed E-state index contributed by atoms with van der Waals surface area (Å²) in [6.07, 6.45) is 0.970. The summed E-state index contributed by atoms with van der Waals surface area (Å²) in [4.78, 5) is 30.2. The predicted molar refractivity (Wildman–Crippen MR) is 130 cm³/mol. The number of thiophene rings is 1. The van der Waals surface area contributed by atoms with Gasteiger partial charge in [0, 0.05) is 43.4 Å². The van der Waals surface area contributed by atoms with Crippen LogP contribution < -0.4 is 20.4 Å². The number of nitrogens with one attached hydrogen (secondary N) is 2. The minimum atomic E-state index is -0.609. The molecular formula is C25H28N4O2S. The van der Waals surface area contributed by atoms with Crippen molar-refractivity contribution in [3.63, 3.8) is 0 Å². The highest BCUT2D eigenvalue weighted by atomic mass is 32.1. The number of benzene rings is 2. The summed E-state index contributed by atoms with van der Waals surface area (Å²) in [5.74, 6) is -1.22. The highest BCUT2D eigenvalue weighted by molar-refractivity contribution is 7.09. The molecule has 0 fully saturated rings. The van der Waals surface area contributed by atoms with Gasteiger partial charge in [-0.05, 0) is 47.2 Å². The molecule has 0 spiro atoms. The second-order valence-electron chi connectivity index (χ2n) is 8.05. The van der Waals surface area contributed by atoms with Crippen LogP contribution in [-0.2, 0) is 22.6 Å². The summed E-state index contributed by atoms with van der Waals surface area (Å²) < 4.78 is 0. The molecule has 166 valence electrons. The van der Waals surface area contributed by atoms with Gasteiger partial charge in [0.25, 0.3) is 0 Å². The minimum absolute atomic E-state index is 0.0658. The van der Waals surface area contributed by atoms with Crippen LogP contribution in [-0.4, -0.2) is 39.0 Å². The van der Waals surface area contributed by atoms with E-state index in [-0.39, 0.29) is 6.04 Å². The first kappa shape index (κ1) is 21.9. The second kappa shape index (κ2) is 9.87. The number of para-hydroxylation sites is 1. The van der Waals surface area contributed by atoms with Crippen molar-refractivity contribution in [3.8, 4) is 0 Å². The molecule has 6 nitrogen and oxygen atoms in total. The summed E-state index contributed by atoms with van der Waals surface area (Å²) in [7, 11) is 4.02. The summed E-state index contributed by atoms with van der Waals surface area (Å²) in [6, 6.07) is 20.5. The van der Waals surface area contributed by atoms with Gasteiger partial charge in [-0.3, -0.25) is 9.59 Å². The largest absolute Gasteiger partial charge is 0.378 e. The van der Waals surface area contributed by atoms with Crippen molar-refractivity contribution in [2.75, 3.05) is 37.0 Å². The third-order valence-electron chi connectivity index (χ3n) is 5.76. The molecule has 2 aromatic carbocycles. The first-order valence-corrected chi connectivity index (χ1v) is 11.6. The number of carbonyl (C=O) groups is 2. The third kappa shape index (κ3) is 4.94. The maximum absolute atomic E-state index is 12.5. The van der Waals surface area contributed by atoms with E-state index < -0.39 is 11.8 Å². The molecule has 1 aromatic heterocycles. The summed E-state index contributed by atoms with van der Waals surface area (Å²) in [5.41, 5.74) is 4.71. The van der Waals surface area contributed by atoms with Gasteiger partial charge in [0.15, 0.2) is 0 Å². The van der Waals surface area contributed by atoms with Crippen LogP contribution in [0, 0.1) is 0 Å². The Hall–Kier alpha value is -3.32. The molecule has 1 atom stereocenters. The van der Waals surface area contributed by atoms with Gasteiger partial charge in [0.1, 0.15) is 0 Å². The van der Waals surface area contributed by atoms with Gasteiger partial charge in [-0.1, -0.05) is 36.4 Å². The van der Waals surface area contributed by atoms with Crippen LogP contribution in [0.15, 0.2) is 66.0 Å². The predicted octanol–water partition coefficient (Wildman–Crippen LogP) is 3.35. The molecule has 0 saturated heterocycles. The molecule has 32 heavy (non-hydrogen) atoms. The number of rotatable bonds is 7.